The zero-order chi connectivity index (χ0) is 10.3. The first kappa shape index (κ1) is 9.71. The van der Waals surface area contributed by atoms with Crippen LogP contribution in [0.1, 0.15) is 51.2 Å². The van der Waals surface area contributed by atoms with Gasteiger partial charge in [0.05, 0.1) is 11.9 Å². The van der Waals surface area contributed by atoms with Gasteiger partial charge in [0.2, 0.25) is 0 Å². The Morgan fingerprint density at radius 1 is 1.50 bits per heavy atom. The van der Waals surface area contributed by atoms with E-state index in [2.05, 4.69) is 30.3 Å². The van der Waals surface area contributed by atoms with E-state index < -0.39 is 0 Å². The van der Waals surface area contributed by atoms with Crippen LogP contribution in [0.2, 0.25) is 0 Å². The van der Waals surface area contributed by atoms with Crippen LogP contribution in [-0.4, -0.2) is 9.55 Å². The van der Waals surface area contributed by atoms with Crippen molar-refractivity contribution in [1.82, 2.24) is 9.55 Å². The highest BCUT2D eigenvalue weighted by Crippen LogP contribution is 2.29. The molecule has 0 aromatic carbocycles. The van der Waals surface area contributed by atoms with Gasteiger partial charge < -0.3 is 10.3 Å². The lowest BCUT2D eigenvalue weighted by atomic mass is 9.95. The molecule has 1 aliphatic heterocycles. The lowest BCUT2D eigenvalue weighted by Crippen LogP contribution is -2.26. The van der Waals surface area contributed by atoms with Gasteiger partial charge in [-0.2, -0.15) is 0 Å². The quantitative estimate of drug-likeness (QED) is 0.684. The number of rotatable bonds is 0. The molecule has 0 radical (unpaired) electrons. The van der Waals surface area contributed by atoms with Crippen LogP contribution in [0.5, 0.6) is 0 Å². The van der Waals surface area contributed by atoms with Crippen LogP contribution in [0.15, 0.2) is 6.20 Å². The molecule has 14 heavy (non-hydrogen) atoms. The van der Waals surface area contributed by atoms with Gasteiger partial charge in [-0.05, 0) is 12.8 Å². The fraction of sp³-hybridized carbons (Fsp3) is 0.727. The Labute approximate surface area is 85.3 Å². The highest BCUT2D eigenvalue weighted by Gasteiger charge is 2.26. The topological polar surface area (TPSA) is 43.8 Å². The van der Waals surface area contributed by atoms with Gasteiger partial charge in [0.25, 0.3) is 0 Å². The molecule has 1 aliphatic rings. The van der Waals surface area contributed by atoms with E-state index in [0.29, 0.717) is 0 Å². The second-order valence-electron chi connectivity index (χ2n) is 5.16. The van der Waals surface area contributed by atoms with Crippen molar-refractivity contribution in [3.05, 3.63) is 17.7 Å². The van der Waals surface area contributed by atoms with Gasteiger partial charge >= 0.3 is 0 Å². The Balaban J connectivity index is 2.46. The molecule has 1 aromatic heterocycles. The first-order valence-electron chi connectivity index (χ1n) is 5.31. The highest BCUT2D eigenvalue weighted by atomic mass is 15.1. The summed E-state index contributed by atoms with van der Waals surface area (Å²) in [5.41, 5.74) is 7.37. The fourth-order valence-electron chi connectivity index (χ4n) is 2.14. The molecule has 3 heteroatoms. The molecule has 1 unspecified atom stereocenters. The molecule has 0 fully saturated rings. The lowest BCUT2D eigenvalue weighted by Gasteiger charge is -2.26. The number of hydrogen-bond acceptors (Lipinski definition) is 2. The van der Waals surface area contributed by atoms with Crippen LogP contribution >= 0.6 is 0 Å². The number of fused-ring (bicyclic) bond motifs is 1. The second-order valence-corrected chi connectivity index (χ2v) is 5.16. The van der Waals surface area contributed by atoms with Crippen LogP contribution in [0.25, 0.3) is 0 Å². The molecule has 2 heterocycles. The maximum absolute atomic E-state index is 6.04. The molecule has 0 spiro atoms. The Morgan fingerprint density at radius 2 is 2.21 bits per heavy atom. The zero-order valence-corrected chi connectivity index (χ0v) is 9.25. The Morgan fingerprint density at radius 3 is 2.86 bits per heavy atom. The van der Waals surface area contributed by atoms with E-state index in [1.54, 1.807) is 0 Å². The molecule has 78 valence electrons. The maximum Gasteiger partial charge on any atom is 0.114 e. The summed E-state index contributed by atoms with van der Waals surface area (Å²) in [5, 5.41) is 0. The molecule has 3 nitrogen and oxygen atoms in total. The molecule has 1 aromatic rings. The van der Waals surface area contributed by atoms with E-state index in [1.165, 1.54) is 17.9 Å². The van der Waals surface area contributed by atoms with Gasteiger partial charge in [-0.15, -0.1) is 0 Å². The van der Waals surface area contributed by atoms with Crippen LogP contribution in [0.4, 0.5) is 0 Å². The fourth-order valence-corrected chi connectivity index (χ4v) is 2.14. The molecular weight excluding hydrogens is 174 g/mol. The average molecular weight is 193 g/mol. The summed E-state index contributed by atoms with van der Waals surface area (Å²) in [5.74, 6) is 1.17. The Kier molecular flexibility index (Phi) is 2.14. The van der Waals surface area contributed by atoms with Gasteiger partial charge in [-0.25, -0.2) is 4.98 Å². The van der Waals surface area contributed by atoms with Crippen LogP contribution in [0, 0.1) is 0 Å². The third kappa shape index (κ3) is 1.46. The van der Waals surface area contributed by atoms with Crippen molar-refractivity contribution >= 4 is 0 Å². The minimum absolute atomic E-state index is 0.120. The summed E-state index contributed by atoms with van der Waals surface area (Å²) in [4.78, 5) is 4.50. The summed E-state index contributed by atoms with van der Waals surface area (Å²) in [6.45, 7) is 7.67. The molecule has 0 saturated heterocycles. The average Bonchev–Trinajstić information content (AvgIpc) is 2.47. The predicted octanol–water partition coefficient (Wildman–Crippen LogP) is 1.97. The molecule has 0 bridgehead atoms. The van der Waals surface area contributed by atoms with E-state index in [-0.39, 0.29) is 11.5 Å². The normalized spacial score (nSPS) is 22.1. The van der Waals surface area contributed by atoms with Crippen molar-refractivity contribution in [1.29, 1.82) is 0 Å². The standard InChI is InChI=1S/C11H19N3/c1-11(2,3)10-13-7-9-8(12)5-4-6-14(9)10/h7-8H,4-6,12H2,1-3H3. The Hall–Kier alpha value is -0.830. The van der Waals surface area contributed by atoms with Gasteiger partial charge in [-0.3, -0.25) is 0 Å². The molecule has 0 amide bonds. The first-order chi connectivity index (χ1) is 6.50. The van der Waals surface area contributed by atoms with E-state index in [1.807, 2.05) is 6.20 Å². The first-order valence-corrected chi connectivity index (χ1v) is 5.31. The summed E-state index contributed by atoms with van der Waals surface area (Å²) in [7, 11) is 0. The van der Waals surface area contributed by atoms with Crippen LogP contribution < -0.4 is 5.73 Å². The van der Waals surface area contributed by atoms with Crippen molar-refractivity contribution in [2.75, 3.05) is 0 Å². The molecule has 0 saturated carbocycles. The van der Waals surface area contributed by atoms with Crippen LogP contribution in [-0.2, 0) is 12.0 Å². The van der Waals surface area contributed by atoms with Crippen molar-refractivity contribution in [2.45, 2.75) is 51.6 Å². The number of hydrogen-bond donors (Lipinski definition) is 1. The van der Waals surface area contributed by atoms with Crippen molar-refractivity contribution in [3.8, 4) is 0 Å². The Bertz CT molecular complexity index is 333. The van der Waals surface area contributed by atoms with E-state index in [0.717, 1.165) is 13.0 Å². The van der Waals surface area contributed by atoms with E-state index >= 15 is 0 Å². The van der Waals surface area contributed by atoms with Crippen molar-refractivity contribution < 1.29 is 0 Å². The van der Waals surface area contributed by atoms with Crippen molar-refractivity contribution in [3.63, 3.8) is 0 Å². The maximum atomic E-state index is 6.04. The molecule has 0 aliphatic carbocycles. The van der Waals surface area contributed by atoms with E-state index in [4.69, 9.17) is 5.73 Å². The monoisotopic (exact) mass is 193 g/mol. The summed E-state index contributed by atoms with van der Waals surface area (Å²) in [6, 6.07) is 0.187. The van der Waals surface area contributed by atoms with Gasteiger partial charge in [-0.1, -0.05) is 20.8 Å². The minimum atomic E-state index is 0.120. The molecule has 1 atom stereocenters. The predicted molar refractivity (Wildman–Crippen MR) is 57.1 cm³/mol. The minimum Gasteiger partial charge on any atom is -0.330 e. The van der Waals surface area contributed by atoms with Gasteiger partial charge in [0, 0.05) is 18.0 Å². The number of nitrogens with zero attached hydrogens (tertiary/aromatic N) is 2. The summed E-state index contributed by atoms with van der Waals surface area (Å²) >= 11 is 0. The number of aromatic nitrogens is 2. The van der Waals surface area contributed by atoms with Crippen molar-refractivity contribution in [2.24, 2.45) is 5.73 Å². The second kappa shape index (κ2) is 3.09. The van der Waals surface area contributed by atoms with Crippen LogP contribution in [0.3, 0.4) is 0 Å². The lowest BCUT2D eigenvalue weighted by molar-refractivity contribution is 0.419. The van der Waals surface area contributed by atoms with Gasteiger partial charge in [0.1, 0.15) is 5.82 Å². The summed E-state index contributed by atoms with van der Waals surface area (Å²) < 4.78 is 2.30. The summed E-state index contributed by atoms with van der Waals surface area (Å²) in [6.07, 6.45) is 4.22. The highest BCUT2D eigenvalue weighted by molar-refractivity contribution is 5.16. The zero-order valence-electron chi connectivity index (χ0n) is 9.25. The largest absolute Gasteiger partial charge is 0.330 e. The third-order valence-electron chi connectivity index (χ3n) is 2.83. The molecular formula is C11H19N3. The number of nitrogens with two attached hydrogens (primary N) is 1. The smallest absolute Gasteiger partial charge is 0.114 e. The van der Waals surface area contributed by atoms with Gasteiger partial charge in [0.15, 0.2) is 0 Å². The SMILES string of the molecule is CC(C)(C)c1ncc2n1CCCC2N. The van der Waals surface area contributed by atoms with E-state index in [9.17, 15) is 0 Å². The molecule has 2 rings (SSSR count). The molecule has 2 N–H and O–H groups in total. The number of imidazole rings is 1. The third-order valence-corrected chi connectivity index (χ3v) is 2.83.